The number of hydrogen-bond donors (Lipinski definition) is 2. The molecule has 6 nitrogen and oxygen atoms in total. The number of ether oxygens (including phenoxy) is 2. The number of nitrogens with one attached hydrogen (secondary N) is 2. The van der Waals surface area contributed by atoms with E-state index in [0.717, 1.165) is 0 Å². The molecule has 0 spiro atoms. The van der Waals surface area contributed by atoms with Crippen LogP contribution in [0.1, 0.15) is 20.8 Å². The summed E-state index contributed by atoms with van der Waals surface area (Å²) in [6.45, 7) is 7.10. The van der Waals surface area contributed by atoms with Gasteiger partial charge < -0.3 is 20.1 Å². The van der Waals surface area contributed by atoms with Gasteiger partial charge in [0.1, 0.15) is 5.60 Å². The number of alkyl carbamates (subject to hydrolysis) is 1. The van der Waals surface area contributed by atoms with Crippen LogP contribution in [0.2, 0.25) is 0 Å². The maximum absolute atomic E-state index is 11.5. The quantitative estimate of drug-likeness (QED) is 0.722. The van der Waals surface area contributed by atoms with E-state index in [2.05, 4.69) is 10.6 Å². The SMILES string of the molecule is COC(=O)[C@@H]1CNC[C@@H]1CNC(=O)OC(C)(C)C. The Labute approximate surface area is 107 Å². The van der Waals surface area contributed by atoms with E-state index < -0.39 is 11.7 Å². The van der Waals surface area contributed by atoms with Crippen molar-refractivity contribution < 1.29 is 19.1 Å². The lowest BCUT2D eigenvalue weighted by Gasteiger charge is -2.21. The van der Waals surface area contributed by atoms with Crippen molar-refractivity contribution in [2.75, 3.05) is 26.7 Å². The van der Waals surface area contributed by atoms with E-state index in [1.807, 2.05) is 0 Å². The summed E-state index contributed by atoms with van der Waals surface area (Å²) in [5.74, 6) is -0.397. The van der Waals surface area contributed by atoms with Gasteiger partial charge in [0.25, 0.3) is 0 Å². The molecule has 1 amide bonds. The minimum atomic E-state index is -0.514. The number of carbonyl (C=O) groups is 2. The van der Waals surface area contributed by atoms with Gasteiger partial charge in [0, 0.05) is 25.6 Å². The van der Waals surface area contributed by atoms with Gasteiger partial charge in [0.15, 0.2) is 0 Å². The predicted octanol–water partition coefficient (Wildman–Crippen LogP) is 0.520. The van der Waals surface area contributed by atoms with Gasteiger partial charge in [0.05, 0.1) is 13.0 Å². The number of amides is 1. The number of methoxy groups -OCH3 is 1. The second-order valence-corrected chi connectivity index (χ2v) is 5.43. The van der Waals surface area contributed by atoms with Crippen molar-refractivity contribution in [3.8, 4) is 0 Å². The third kappa shape index (κ3) is 4.52. The summed E-state index contributed by atoms with van der Waals surface area (Å²) < 4.78 is 9.86. The molecule has 0 aromatic heterocycles. The van der Waals surface area contributed by atoms with E-state index in [1.54, 1.807) is 20.8 Å². The first-order valence-corrected chi connectivity index (χ1v) is 6.09. The van der Waals surface area contributed by atoms with E-state index in [0.29, 0.717) is 19.6 Å². The molecule has 1 aliphatic heterocycles. The smallest absolute Gasteiger partial charge is 0.407 e. The highest BCUT2D eigenvalue weighted by molar-refractivity contribution is 5.73. The highest BCUT2D eigenvalue weighted by Crippen LogP contribution is 2.17. The Bertz CT molecular complexity index is 312. The van der Waals surface area contributed by atoms with Gasteiger partial charge >= 0.3 is 12.1 Å². The fourth-order valence-electron chi connectivity index (χ4n) is 1.90. The molecule has 2 N–H and O–H groups in total. The first-order valence-electron chi connectivity index (χ1n) is 6.09. The van der Waals surface area contributed by atoms with Gasteiger partial charge in [-0.25, -0.2) is 4.79 Å². The van der Waals surface area contributed by atoms with E-state index in [-0.39, 0.29) is 17.8 Å². The Morgan fingerprint density at radius 1 is 1.33 bits per heavy atom. The lowest BCUT2D eigenvalue weighted by Crippen LogP contribution is -2.38. The van der Waals surface area contributed by atoms with E-state index in [9.17, 15) is 9.59 Å². The van der Waals surface area contributed by atoms with E-state index in [1.165, 1.54) is 7.11 Å². The zero-order valence-corrected chi connectivity index (χ0v) is 11.4. The van der Waals surface area contributed by atoms with Crippen molar-refractivity contribution in [2.45, 2.75) is 26.4 Å². The van der Waals surface area contributed by atoms with Crippen LogP contribution in [-0.2, 0) is 14.3 Å². The molecule has 2 atom stereocenters. The van der Waals surface area contributed by atoms with Crippen LogP contribution in [0, 0.1) is 11.8 Å². The number of esters is 1. The van der Waals surface area contributed by atoms with Crippen molar-refractivity contribution in [3.05, 3.63) is 0 Å². The summed E-state index contributed by atoms with van der Waals surface area (Å²) >= 11 is 0. The van der Waals surface area contributed by atoms with Crippen molar-refractivity contribution in [1.29, 1.82) is 0 Å². The normalized spacial score (nSPS) is 23.6. The Morgan fingerprint density at radius 2 is 2.00 bits per heavy atom. The highest BCUT2D eigenvalue weighted by Gasteiger charge is 2.34. The lowest BCUT2D eigenvalue weighted by molar-refractivity contribution is -0.146. The Morgan fingerprint density at radius 3 is 2.56 bits per heavy atom. The third-order valence-electron chi connectivity index (χ3n) is 2.75. The summed E-state index contributed by atoms with van der Waals surface area (Å²) in [6, 6.07) is 0. The van der Waals surface area contributed by atoms with Crippen LogP contribution in [0.3, 0.4) is 0 Å². The minimum Gasteiger partial charge on any atom is -0.469 e. The molecule has 0 bridgehead atoms. The van der Waals surface area contributed by atoms with Gasteiger partial charge in [-0.1, -0.05) is 0 Å². The average Bonchev–Trinajstić information content (AvgIpc) is 2.71. The molecule has 0 saturated carbocycles. The number of carbonyl (C=O) groups excluding carboxylic acids is 2. The molecule has 1 fully saturated rings. The van der Waals surface area contributed by atoms with Crippen LogP contribution in [-0.4, -0.2) is 44.4 Å². The van der Waals surface area contributed by atoms with Crippen molar-refractivity contribution in [2.24, 2.45) is 11.8 Å². The molecule has 0 aromatic carbocycles. The second-order valence-electron chi connectivity index (χ2n) is 5.43. The molecule has 18 heavy (non-hydrogen) atoms. The molecule has 1 heterocycles. The lowest BCUT2D eigenvalue weighted by atomic mass is 9.96. The van der Waals surface area contributed by atoms with Crippen LogP contribution >= 0.6 is 0 Å². The molecular weight excluding hydrogens is 236 g/mol. The molecule has 6 heteroatoms. The summed E-state index contributed by atoms with van der Waals surface area (Å²) in [6.07, 6.45) is -0.460. The topological polar surface area (TPSA) is 76.7 Å². The van der Waals surface area contributed by atoms with E-state index in [4.69, 9.17) is 9.47 Å². The molecule has 0 aliphatic carbocycles. The van der Waals surface area contributed by atoms with Gasteiger partial charge in [-0.15, -0.1) is 0 Å². The Hall–Kier alpha value is -1.30. The zero-order valence-electron chi connectivity index (χ0n) is 11.4. The molecule has 1 saturated heterocycles. The van der Waals surface area contributed by atoms with Crippen LogP contribution in [0.5, 0.6) is 0 Å². The Kier molecular flexibility index (Phi) is 4.95. The molecule has 104 valence electrons. The van der Waals surface area contributed by atoms with E-state index >= 15 is 0 Å². The highest BCUT2D eigenvalue weighted by atomic mass is 16.6. The predicted molar refractivity (Wildman–Crippen MR) is 66.1 cm³/mol. The van der Waals surface area contributed by atoms with Gasteiger partial charge in [-0.2, -0.15) is 0 Å². The molecule has 1 rings (SSSR count). The fourth-order valence-corrected chi connectivity index (χ4v) is 1.90. The van der Waals surface area contributed by atoms with Crippen molar-refractivity contribution >= 4 is 12.1 Å². The molecular formula is C12H22N2O4. The summed E-state index contributed by atoms with van der Waals surface area (Å²) in [5.41, 5.74) is -0.514. The maximum Gasteiger partial charge on any atom is 0.407 e. The first-order chi connectivity index (χ1) is 8.33. The first kappa shape index (κ1) is 14.8. The second kappa shape index (κ2) is 6.04. The monoisotopic (exact) mass is 258 g/mol. The van der Waals surface area contributed by atoms with Gasteiger partial charge in [-0.05, 0) is 20.8 Å². The van der Waals surface area contributed by atoms with Gasteiger partial charge in [0.2, 0.25) is 0 Å². The van der Waals surface area contributed by atoms with Crippen molar-refractivity contribution in [3.63, 3.8) is 0 Å². The summed E-state index contributed by atoms with van der Waals surface area (Å²) in [5, 5.41) is 5.80. The summed E-state index contributed by atoms with van der Waals surface area (Å²) in [4.78, 5) is 23.0. The third-order valence-corrected chi connectivity index (χ3v) is 2.75. The Balaban J connectivity index is 2.38. The summed E-state index contributed by atoms with van der Waals surface area (Å²) in [7, 11) is 1.37. The number of hydrogen-bond acceptors (Lipinski definition) is 5. The molecule has 0 unspecified atom stereocenters. The van der Waals surface area contributed by atoms with Crippen LogP contribution in [0.4, 0.5) is 4.79 Å². The van der Waals surface area contributed by atoms with Crippen LogP contribution in [0.15, 0.2) is 0 Å². The van der Waals surface area contributed by atoms with Crippen molar-refractivity contribution in [1.82, 2.24) is 10.6 Å². The average molecular weight is 258 g/mol. The minimum absolute atomic E-state index is 0.0463. The largest absolute Gasteiger partial charge is 0.469 e. The molecule has 0 aromatic rings. The zero-order chi connectivity index (χ0) is 13.8. The standard InChI is InChI=1S/C12H22N2O4/c1-12(2,3)18-11(16)14-6-8-5-13-7-9(8)10(15)17-4/h8-9,13H,5-7H2,1-4H3,(H,14,16)/t8-,9-/m1/s1. The maximum atomic E-state index is 11.5. The van der Waals surface area contributed by atoms with Crippen LogP contribution in [0.25, 0.3) is 0 Å². The molecule has 1 aliphatic rings. The number of rotatable bonds is 3. The molecule has 0 radical (unpaired) electrons. The van der Waals surface area contributed by atoms with Crippen LogP contribution < -0.4 is 10.6 Å². The van der Waals surface area contributed by atoms with Gasteiger partial charge in [-0.3, -0.25) is 4.79 Å². The fraction of sp³-hybridized carbons (Fsp3) is 0.833.